The molecule has 114 valence electrons. The molecule has 2 rings (SSSR count). The summed E-state index contributed by atoms with van der Waals surface area (Å²) in [6.07, 6.45) is 1.67. The van der Waals surface area contributed by atoms with Crippen molar-refractivity contribution < 1.29 is 8.42 Å². The van der Waals surface area contributed by atoms with Gasteiger partial charge in [0, 0.05) is 13.1 Å². The van der Waals surface area contributed by atoms with Crippen molar-refractivity contribution in [2.75, 3.05) is 27.2 Å². The summed E-state index contributed by atoms with van der Waals surface area (Å²) >= 11 is 0. The first-order valence-corrected chi connectivity index (χ1v) is 8.47. The Hall–Kier alpha value is -1.42. The second-order valence-electron chi connectivity index (χ2n) is 5.65. The zero-order valence-electron chi connectivity index (χ0n) is 12.7. The second kappa shape index (κ2) is 6.14. The molecular formula is C15H21N3O2S. The highest BCUT2D eigenvalue weighted by Gasteiger charge is 2.31. The van der Waals surface area contributed by atoms with Crippen LogP contribution in [0.2, 0.25) is 0 Å². The Kier molecular flexibility index (Phi) is 4.67. The maximum atomic E-state index is 12.8. The molecule has 1 aliphatic rings. The second-order valence-corrected chi connectivity index (χ2v) is 7.61. The quantitative estimate of drug-likeness (QED) is 0.850. The summed E-state index contributed by atoms with van der Waals surface area (Å²) in [6, 6.07) is 6.83. The summed E-state index contributed by atoms with van der Waals surface area (Å²) in [5.41, 5.74) is 1.05. The van der Waals surface area contributed by atoms with Crippen LogP contribution in [0.1, 0.15) is 24.0 Å². The van der Waals surface area contributed by atoms with Gasteiger partial charge in [0.15, 0.2) is 0 Å². The van der Waals surface area contributed by atoms with Crippen LogP contribution < -0.4 is 0 Å². The highest BCUT2D eigenvalue weighted by Crippen LogP contribution is 2.25. The minimum atomic E-state index is -3.56. The van der Waals surface area contributed by atoms with Crippen LogP contribution in [0.25, 0.3) is 0 Å². The average Bonchev–Trinajstić information content (AvgIpc) is 2.47. The van der Waals surface area contributed by atoms with Crippen LogP contribution in [0, 0.1) is 18.3 Å². The normalized spacial score (nSPS) is 17.9. The Balaban J connectivity index is 2.31. The molecule has 0 bridgehead atoms. The minimum absolute atomic E-state index is 0.0244. The fourth-order valence-electron chi connectivity index (χ4n) is 2.66. The number of hydrogen-bond donors (Lipinski definition) is 0. The molecule has 21 heavy (non-hydrogen) atoms. The molecule has 1 heterocycles. The van der Waals surface area contributed by atoms with Crippen molar-refractivity contribution in [2.24, 2.45) is 0 Å². The number of aryl methyl sites for hydroxylation is 1. The lowest BCUT2D eigenvalue weighted by Crippen LogP contribution is -2.44. The average molecular weight is 307 g/mol. The van der Waals surface area contributed by atoms with E-state index in [0.717, 1.165) is 25.9 Å². The van der Waals surface area contributed by atoms with E-state index in [-0.39, 0.29) is 10.9 Å². The van der Waals surface area contributed by atoms with Crippen molar-refractivity contribution in [3.63, 3.8) is 0 Å². The first kappa shape index (κ1) is 16.0. The lowest BCUT2D eigenvalue weighted by Gasteiger charge is -2.34. The Bertz CT molecular complexity index is 656. The topological polar surface area (TPSA) is 64.4 Å². The number of nitrogens with zero attached hydrogens (tertiary/aromatic N) is 3. The minimum Gasteiger partial charge on any atom is -0.306 e. The summed E-state index contributed by atoms with van der Waals surface area (Å²) < 4.78 is 27.1. The third-order valence-corrected chi connectivity index (χ3v) is 6.23. The van der Waals surface area contributed by atoms with Gasteiger partial charge in [-0.15, -0.1) is 0 Å². The molecule has 0 unspecified atom stereocenters. The number of sulfonamides is 1. The summed E-state index contributed by atoms with van der Waals surface area (Å²) in [4.78, 5) is 2.45. The predicted molar refractivity (Wildman–Crippen MR) is 81.4 cm³/mol. The lowest BCUT2D eigenvalue weighted by atomic mass is 10.1. The van der Waals surface area contributed by atoms with Gasteiger partial charge in [-0.2, -0.15) is 9.57 Å². The fourth-order valence-corrected chi connectivity index (χ4v) is 4.32. The summed E-state index contributed by atoms with van der Waals surface area (Å²) in [6.45, 7) is 3.57. The summed E-state index contributed by atoms with van der Waals surface area (Å²) in [5.74, 6) is 0. The van der Waals surface area contributed by atoms with E-state index < -0.39 is 10.0 Å². The molecule has 1 saturated heterocycles. The molecule has 0 atom stereocenters. The third-order valence-electron chi connectivity index (χ3n) is 4.18. The van der Waals surface area contributed by atoms with Gasteiger partial charge in [-0.1, -0.05) is 6.07 Å². The monoisotopic (exact) mass is 307 g/mol. The number of piperidine rings is 1. The number of benzene rings is 1. The highest BCUT2D eigenvalue weighted by molar-refractivity contribution is 7.89. The van der Waals surface area contributed by atoms with E-state index in [1.165, 1.54) is 10.4 Å². The van der Waals surface area contributed by atoms with Crippen molar-refractivity contribution in [1.82, 2.24) is 9.21 Å². The van der Waals surface area contributed by atoms with Gasteiger partial charge < -0.3 is 4.90 Å². The van der Waals surface area contributed by atoms with Gasteiger partial charge in [-0.25, -0.2) is 8.42 Å². The lowest BCUT2D eigenvalue weighted by molar-refractivity contribution is 0.197. The van der Waals surface area contributed by atoms with Gasteiger partial charge in [0.2, 0.25) is 10.0 Å². The standard InChI is InChI=1S/C15H21N3O2S/c1-12-4-5-13(11-16)10-15(12)21(19,20)18(3)14-6-8-17(2)9-7-14/h4-5,10,14H,6-9H2,1-3H3. The van der Waals surface area contributed by atoms with E-state index in [1.807, 2.05) is 13.1 Å². The van der Waals surface area contributed by atoms with Crippen LogP contribution in [-0.4, -0.2) is 50.8 Å². The van der Waals surface area contributed by atoms with Crippen molar-refractivity contribution in [1.29, 1.82) is 5.26 Å². The molecular weight excluding hydrogens is 286 g/mol. The molecule has 0 saturated carbocycles. The Morgan fingerprint density at radius 1 is 1.33 bits per heavy atom. The highest BCUT2D eigenvalue weighted by atomic mass is 32.2. The van der Waals surface area contributed by atoms with Crippen LogP contribution >= 0.6 is 0 Å². The number of hydrogen-bond acceptors (Lipinski definition) is 4. The Morgan fingerprint density at radius 2 is 1.95 bits per heavy atom. The first-order valence-electron chi connectivity index (χ1n) is 7.03. The predicted octanol–water partition coefficient (Wildman–Crippen LogP) is 1.58. The molecule has 1 fully saturated rings. The van der Waals surface area contributed by atoms with Crippen LogP contribution in [0.15, 0.2) is 23.1 Å². The smallest absolute Gasteiger partial charge is 0.243 e. The third kappa shape index (κ3) is 3.26. The number of nitriles is 1. The largest absolute Gasteiger partial charge is 0.306 e. The zero-order valence-corrected chi connectivity index (χ0v) is 13.5. The van der Waals surface area contributed by atoms with Crippen molar-refractivity contribution >= 4 is 10.0 Å². The summed E-state index contributed by atoms with van der Waals surface area (Å²) in [7, 11) is 0.134. The maximum Gasteiger partial charge on any atom is 0.243 e. The number of likely N-dealkylation sites (tertiary alicyclic amines) is 1. The van der Waals surface area contributed by atoms with Crippen LogP contribution in [0.5, 0.6) is 0 Å². The Morgan fingerprint density at radius 3 is 2.52 bits per heavy atom. The molecule has 6 heteroatoms. The first-order chi connectivity index (χ1) is 9.86. The van der Waals surface area contributed by atoms with Crippen LogP contribution in [-0.2, 0) is 10.0 Å². The van der Waals surface area contributed by atoms with Gasteiger partial charge in [-0.3, -0.25) is 0 Å². The molecule has 0 aromatic heterocycles. The van der Waals surface area contributed by atoms with E-state index in [9.17, 15) is 8.42 Å². The van der Waals surface area contributed by atoms with Gasteiger partial charge in [0.05, 0.1) is 16.5 Å². The number of rotatable bonds is 3. The summed E-state index contributed by atoms with van der Waals surface area (Å²) in [5, 5.41) is 8.97. The maximum absolute atomic E-state index is 12.8. The molecule has 0 aliphatic carbocycles. The SMILES string of the molecule is Cc1ccc(C#N)cc1S(=O)(=O)N(C)C1CCN(C)CC1. The fraction of sp³-hybridized carbons (Fsp3) is 0.533. The van der Waals surface area contributed by atoms with Gasteiger partial charge >= 0.3 is 0 Å². The molecule has 0 spiro atoms. The van der Waals surface area contributed by atoms with Gasteiger partial charge in [-0.05, 0) is 57.6 Å². The molecule has 0 amide bonds. The molecule has 1 aliphatic heterocycles. The molecule has 1 aromatic rings. The van der Waals surface area contributed by atoms with Crippen molar-refractivity contribution in [3.8, 4) is 6.07 Å². The molecule has 0 N–H and O–H groups in total. The van der Waals surface area contributed by atoms with Crippen LogP contribution in [0.4, 0.5) is 0 Å². The van der Waals surface area contributed by atoms with E-state index >= 15 is 0 Å². The van der Waals surface area contributed by atoms with Crippen molar-refractivity contribution in [3.05, 3.63) is 29.3 Å². The Labute approximate surface area is 126 Å². The van der Waals surface area contributed by atoms with Gasteiger partial charge in [0.1, 0.15) is 0 Å². The zero-order chi connectivity index (χ0) is 15.6. The van der Waals surface area contributed by atoms with E-state index in [1.54, 1.807) is 26.1 Å². The molecule has 1 aromatic carbocycles. The van der Waals surface area contributed by atoms with Gasteiger partial charge in [0.25, 0.3) is 0 Å². The molecule has 0 radical (unpaired) electrons. The van der Waals surface area contributed by atoms with Crippen LogP contribution in [0.3, 0.4) is 0 Å². The van der Waals surface area contributed by atoms with Crippen molar-refractivity contribution in [2.45, 2.75) is 30.7 Å². The van der Waals surface area contributed by atoms with E-state index in [0.29, 0.717) is 11.1 Å². The molecule has 5 nitrogen and oxygen atoms in total. The van der Waals surface area contributed by atoms with E-state index in [2.05, 4.69) is 4.90 Å². The van der Waals surface area contributed by atoms with E-state index in [4.69, 9.17) is 5.26 Å².